The summed E-state index contributed by atoms with van der Waals surface area (Å²) in [4.78, 5) is 0. The number of fused-ring (bicyclic) bond motifs is 2. The molecule has 2 atom stereocenters. The maximum atomic E-state index is 5.19. The highest BCUT2D eigenvalue weighted by Crippen LogP contribution is 2.48. The average molecular weight is 212 g/mol. The van der Waals surface area contributed by atoms with Crippen molar-refractivity contribution in [3.63, 3.8) is 0 Å². The monoisotopic (exact) mass is 212 g/mol. The molecule has 0 radical (unpaired) electrons. The molecule has 0 aromatic heterocycles. The Bertz CT molecular complexity index is 465. The summed E-state index contributed by atoms with van der Waals surface area (Å²) >= 11 is 0. The molecule has 0 fully saturated rings. The van der Waals surface area contributed by atoms with Crippen molar-refractivity contribution in [3.05, 3.63) is 47.6 Å². The average Bonchev–Trinajstić information content (AvgIpc) is 2.90. The van der Waals surface area contributed by atoms with Crippen molar-refractivity contribution in [2.24, 2.45) is 11.8 Å². The van der Waals surface area contributed by atoms with Crippen LogP contribution in [0.1, 0.15) is 18.9 Å². The van der Waals surface area contributed by atoms with Crippen LogP contribution in [0.2, 0.25) is 0 Å². The summed E-state index contributed by atoms with van der Waals surface area (Å²) in [6.07, 6.45) is 6.00. The van der Waals surface area contributed by atoms with E-state index in [9.17, 15) is 0 Å². The molecule has 2 bridgehead atoms. The largest absolute Gasteiger partial charge is 0.497 e. The lowest BCUT2D eigenvalue weighted by atomic mass is 9.92. The molecule has 2 unspecified atom stereocenters. The summed E-state index contributed by atoms with van der Waals surface area (Å²) in [6.45, 7) is 2.27. The first-order chi connectivity index (χ1) is 7.79. The van der Waals surface area contributed by atoms with Gasteiger partial charge in [-0.15, -0.1) is 0 Å². The van der Waals surface area contributed by atoms with Crippen LogP contribution in [0.15, 0.2) is 42.0 Å². The van der Waals surface area contributed by atoms with Crippen LogP contribution in [-0.4, -0.2) is 7.11 Å². The fraction of sp³-hybridized carbons (Fsp3) is 0.333. The van der Waals surface area contributed by atoms with E-state index < -0.39 is 0 Å². The van der Waals surface area contributed by atoms with Gasteiger partial charge in [-0.3, -0.25) is 0 Å². The third-order valence-corrected chi connectivity index (χ3v) is 3.84. The Hall–Kier alpha value is -1.50. The Labute approximate surface area is 96.4 Å². The van der Waals surface area contributed by atoms with Crippen molar-refractivity contribution in [2.75, 3.05) is 7.11 Å². The van der Waals surface area contributed by atoms with Gasteiger partial charge in [-0.2, -0.15) is 0 Å². The molecule has 16 heavy (non-hydrogen) atoms. The van der Waals surface area contributed by atoms with E-state index in [1.807, 2.05) is 12.1 Å². The summed E-state index contributed by atoms with van der Waals surface area (Å²) in [5.41, 5.74) is 4.45. The lowest BCUT2D eigenvalue weighted by Crippen LogP contribution is -1.96. The van der Waals surface area contributed by atoms with Crippen LogP contribution in [0.3, 0.4) is 0 Å². The Morgan fingerprint density at radius 2 is 1.75 bits per heavy atom. The zero-order valence-electron chi connectivity index (χ0n) is 9.73. The maximum absolute atomic E-state index is 5.19. The standard InChI is InChI=1S/C15H16O/c1-10-12-3-4-13(9-12)15(10)11-5-7-14(16-2)8-6-11/h3-8,12-13H,9H2,1-2H3. The summed E-state index contributed by atoms with van der Waals surface area (Å²) in [6, 6.07) is 8.44. The highest BCUT2D eigenvalue weighted by atomic mass is 16.5. The second-order valence-electron chi connectivity index (χ2n) is 4.66. The molecule has 1 aromatic rings. The molecule has 2 aliphatic rings. The van der Waals surface area contributed by atoms with Crippen LogP contribution in [-0.2, 0) is 0 Å². The van der Waals surface area contributed by atoms with Gasteiger partial charge in [0.2, 0.25) is 0 Å². The number of allylic oxidation sites excluding steroid dienone is 4. The minimum atomic E-state index is 0.651. The first-order valence-corrected chi connectivity index (χ1v) is 5.83. The smallest absolute Gasteiger partial charge is 0.118 e. The second-order valence-corrected chi connectivity index (χ2v) is 4.66. The fourth-order valence-corrected chi connectivity index (χ4v) is 2.94. The summed E-state index contributed by atoms with van der Waals surface area (Å²) in [5.74, 6) is 2.28. The van der Waals surface area contributed by atoms with Gasteiger partial charge < -0.3 is 4.74 Å². The SMILES string of the molecule is COc1ccc(C2=C(C)C3C=CC2C3)cc1. The number of hydrogen-bond donors (Lipinski definition) is 0. The summed E-state index contributed by atoms with van der Waals surface area (Å²) < 4.78 is 5.19. The normalized spacial score (nSPS) is 26.6. The van der Waals surface area contributed by atoms with Gasteiger partial charge in [0.25, 0.3) is 0 Å². The van der Waals surface area contributed by atoms with Crippen molar-refractivity contribution < 1.29 is 4.74 Å². The van der Waals surface area contributed by atoms with Crippen molar-refractivity contribution in [1.82, 2.24) is 0 Å². The molecule has 0 spiro atoms. The van der Waals surface area contributed by atoms with Gasteiger partial charge in [-0.1, -0.05) is 29.9 Å². The Morgan fingerprint density at radius 3 is 2.31 bits per heavy atom. The van der Waals surface area contributed by atoms with E-state index in [1.165, 1.54) is 17.6 Å². The summed E-state index contributed by atoms with van der Waals surface area (Å²) in [5, 5.41) is 0. The Balaban J connectivity index is 1.98. The van der Waals surface area contributed by atoms with E-state index in [-0.39, 0.29) is 0 Å². The molecule has 0 aliphatic heterocycles. The maximum Gasteiger partial charge on any atom is 0.118 e. The first kappa shape index (κ1) is 9.71. The van der Waals surface area contributed by atoms with Gasteiger partial charge in [-0.25, -0.2) is 0 Å². The number of rotatable bonds is 2. The van der Waals surface area contributed by atoms with Crippen LogP contribution in [0.25, 0.3) is 5.57 Å². The van der Waals surface area contributed by atoms with Crippen molar-refractivity contribution >= 4 is 5.57 Å². The molecule has 0 N–H and O–H groups in total. The highest BCUT2D eigenvalue weighted by Gasteiger charge is 2.33. The molecule has 82 valence electrons. The lowest BCUT2D eigenvalue weighted by molar-refractivity contribution is 0.415. The zero-order valence-corrected chi connectivity index (χ0v) is 9.73. The van der Waals surface area contributed by atoms with Crippen molar-refractivity contribution in [3.8, 4) is 5.75 Å². The van der Waals surface area contributed by atoms with E-state index in [4.69, 9.17) is 4.74 Å². The first-order valence-electron chi connectivity index (χ1n) is 5.83. The molecule has 0 heterocycles. The molecular formula is C15H16O. The number of methoxy groups -OCH3 is 1. The minimum Gasteiger partial charge on any atom is -0.497 e. The topological polar surface area (TPSA) is 9.23 Å². The fourth-order valence-electron chi connectivity index (χ4n) is 2.94. The zero-order chi connectivity index (χ0) is 11.1. The minimum absolute atomic E-state index is 0.651. The molecule has 1 aromatic carbocycles. The van der Waals surface area contributed by atoms with Gasteiger partial charge >= 0.3 is 0 Å². The van der Waals surface area contributed by atoms with Crippen LogP contribution >= 0.6 is 0 Å². The third-order valence-electron chi connectivity index (χ3n) is 3.84. The lowest BCUT2D eigenvalue weighted by Gasteiger charge is -2.14. The molecule has 3 rings (SSSR count). The Morgan fingerprint density at radius 1 is 1.06 bits per heavy atom. The number of benzene rings is 1. The van der Waals surface area contributed by atoms with Crippen molar-refractivity contribution in [2.45, 2.75) is 13.3 Å². The van der Waals surface area contributed by atoms with Crippen molar-refractivity contribution in [1.29, 1.82) is 0 Å². The second kappa shape index (κ2) is 3.51. The van der Waals surface area contributed by atoms with Crippen LogP contribution in [0, 0.1) is 11.8 Å². The van der Waals surface area contributed by atoms with Crippen LogP contribution < -0.4 is 4.74 Å². The van der Waals surface area contributed by atoms with Crippen LogP contribution in [0.5, 0.6) is 5.75 Å². The molecule has 2 aliphatic carbocycles. The van der Waals surface area contributed by atoms with E-state index in [1.54, 1.807) is 12.7 Å². The van der Waals surface area contributed by atoms with Gasteiger partial charge in [0.05, 0.1) is 7.11 Å². The Kier molecular flexibility index (Phi) is 2.13. The molecule has 1 heteroatoms. The van der Waals surface area contributed by atoms with E-state index >= 15 is 0 Å². The molecule has 0 saturated heterocycles. The highest BCUT2D eigenvalue weighted by molar-refractivity contribution is 5.76. The molecular weight excluding hydrogens is 196 g/mol. The van der Waals surface area contributed by atoms with E-state index in [0.717, 1.165) is 5.75 Å². The van der Waals surface area contributed by atoms with Gasteiger partial charge in [0, 0.05) is 5.92 Å². The quantitative estimate of drug-likeness (QED) is 0.679. The van der Waals surface area contributed by atoms with Gasteiger partial charge in [-0.05, 0) is 42.5 Å². The molecule has 0 saturated carbocycles. The van der Waals surface area contributed by atoms with Crippen LogP contribution in [0.4, 0.5) is 0 Å². The predicted octanol–water partition coefficient (Wildman–Crippen LogP) is 3.67. The summed E-state index contributed by atoms with van der Waals surface area (Å²) in [7, 11) is 1.71. The third kappa shape index (κ3) is 1.31. The van der Waals surface area contributed by atoms with E-state index in [2.05, 4.69) is 31.2 Å². The molecule has 0 amide bonds. The van der Waals surface area contributed by atoms with Gasteiger partial charge in [0.15, 0.2) is 0 Å². The number of hydrogen-bond acceptors (Lipinski definition) is 1. The van der Waals surface area contributed by atoms with E-state index in [0.29, 0.717) is 11.8 Å². The predicted molar refractivity (Wildman–Crippen MR) is 66.3 cm³/mol. The van der Waals surface area contributed by atoms with Gasteiger partial charge in [0.1, 0.15) is 5.75 Å². The molecule has 1 nitrogen and oxygen atoms in total. The number of ether oxygens (including phenoxy) is 1.